The Hall–Kier alpha value is -1.88. The van der Waals surface area contributed by atoms with Crippen molar-refractivity contribution in [3.8, 4) is 0 Å². The number of rotatable bonds is 6. The Morgan fingerprint density at radius 1 is 1.53 bits per heavy atom. The number of hydrogen-bond acceptors (Lipinski definition) is 3. The van der Waals surface area contributed by atoms with Gasteiger partial charge in [0.25, 0.3) is 5.91 Å². The third-order valence-electron chi connectivity index (χ3n) is 3.37. The van der Waals surface area contributed by atoms with E-state index in [9.17, 15) is 4.79 Å². The molecule has 5 nitrogen and oxygen atoms in total. The molecule has 5 heteroatoms. The second kappa shape index (κ2) is 6.33. The SMILES string of the molecule is CCC(CCO)CNC(=O)c1ccc2[nH]ncc2c1. The average Bonchev–Trinajstić information content (AvgIpc) is 2.90. The van der Waals surface area contributed by atoms with E-state index in [1.54, 1.807) is 12.3 Å². The molecule has 0 bridgehead atoms. The van der Waals surface area contributed by atoms with Crippen molar-refractivity contribution in [1.82, 2.24) is 15.5 Å². The van der Waals surface area contributed by atoms with Crippen LogP contribution >= 0.6 is 0 Å². The summed E-state index contributed by atoms with van der Waals surface area (Å²) in [7, 11) is 0. The second-order valence-electron chi connectivity index (χ2n) is 4.67. The molecule has 3 N–H and O–H groups in total. The number of fused-ring (bicyclic) bond motifs is 1. The standard InChI is InChI=1S/C14H19N3O2/c1-2-10(5-6-18)8-15-14(19)11-3-4-13-12(7-11)9-16-17-13/h3-4,7,9-10,18H,2,5-6,8H2,1H3,(H,15,19)(H,16,17). The maximum Gasteiger partial charge on any atom is 0.251 e. The van der Waals surface area contributed by atoms with Gasteiger partial charge < -0.3 is 10.4 Å². The Balaban J connectivity index is 1.98. The molecule has 0 aliphatic rings. The number of amides is 1. The molecular weight excluding hydrogens is 242 g/mol. The molecule has 0 fully saturated rings. The van der Waals surface area contributed by atoms with Crippen LogP contribution in [0.25, 0.3) is 10.9 Å². The van der Waals surface area contributed by atoms with E-state index in [0.717, 1.165) is 23.7 Å². The lowest BCUT2D eigenvalue weighted by atomic mass is 10.0. The van der Waals surface area contributed by atoms with Crippen molar-refractivity contribution in [2.45, 2.75) is 19.8 Å². The van der Waals surface area contributed by atoms with Crippen LogP contribution in [-0.2, 0) is 0 Å². The monoisotopic (exact) mass is 261 g/mol. The van der Waals surface area contributed by atoms with Crippen LogP contribution < -0.4 is 5.32 Å². The maximum absolute atomic E-state index is 12.0. The van der Waals surface area contributed by atoms with E-state index in [1.807, 2.05) is 12.1 Å². The summed E-state index contributed by atoms with van der Waals surface area (Å²) in [5.74, 6) is 0.242. The summed E-state index contributed by atoms with van der Waals surface area (Å²) in [5.41, 5.74) is 1.55. The number of carbonyl (C=O) groups excluding carboxylic acids is 1. The molecule has 1 aromatic carbocycles. The molecule has 0 spiro atoms. The summed E-state index contributed by atoms with van der Waals surface area (Å²) in [6, 6.07) is 5.45. The Morgan fingerprint density at radius 2 is 2.37 bits per heavy atom. The molecule has 2 rings (SSSR count). The van der Waals surface area contributed by atoms with Gasteiger partial charge in [0.15, 0.2) is 0 Å². The fourth-order valence-corrected chi connectivity index (χ4v) is 2.06. The summed E-state index contributed by atoms with van der Waals surface area (Å²) >= 11 is 0. The fourth-order valence-electron chi connectivity index (χ4n) is 2.06. The molecule has 19 heavy (non-hydrogen) atoms. The lowest BCUT2D eigenvalue weighted by molar-refractivity contribution is 0.0943. The highest BCUT2D eigenvalue weighted by molar-refractivity contribution is 5.97. The van der Waals surface area contributed by atoms with E-state index in [4.69, 9.17) is 5.11 Å². The number of aliphatic hydroxyl groups excluding tert-OH is 1. The van der Waals surface area contributed by atoms with Gasteiger partial charge in [0.05, 0.1) is 11.7 Å². The molecule has 1 amide bonds. The highest BCUT2D eigenvalue weighted by Gasteiger charge is 2.10. The van der Waals surface area contributed by atoms with Crippen molar-refractivity contribution in [2.75, 3.05) is 13.2 Å². The molecule has 1 atom stereocenters. The minimum absolute atomic E-state index is 0.0838. The molecule has 1 unspecified atom stereocenters. The molecule has 102 valence electrons. The Kier molecular flexibility index (Phi) is 4.52. The number of benzene rings is 1. The zero-order chi connectivity index (χ0) is 13.7. The molecule has 2 aromatic rings. The minimum Gasteiger partial charge on any atom is -0.396 e. The summed E-state index contributed by atoms with van der Waals surface area (Å²) in [6.45, 7) is 2.82. The zero-order valence-electron chi connectivity index (χ0n) is 11.0. The number of H-pyrrole nitrogens is 1. The first kappa shape index (κ1) is 13.5. The van der Waals surface area contributed by atoms with Gasteiger partial charge in [0.2, 0.25) is 0 Å². The van der Waals surface area contributed by atoms with Crippen LogP contribution in [0.3, 0.4) is 0 Å². The van der Waals surface area contributed by atoms with Gasteiger partial charge >= 0.3 is 0 Å². The van der Waals surface area contributed by atoms with Gasteiger partial charge in [-0.3, -0.25) is 9.89 Å². The first-order valence-electron chi connectivity index (χ1n) is 6.56. The summed E-state index contributed by atoms with van der Waals surface area (Å²) in [6.07, 6.45) is 3.37. The average molecular weight is 261 g/mol. The van der Waals surface area contributed by atoms with Crippen molar-refractivity contribution >= 4 is 16.8 Å². The van der Waals surface area contributed by atoms with Gasteiger partial charge in [-0.05, 0) is 30.5 Å². The number of aromatic nitrogens is 2. The molecule has 0 saturated heterocycles. The van der Waals surface area contributed by atoms with Crippen LogP contribution in [0.2, 0.25) is 0 Å². The van der Waals surface area contributed by atoms with Gasteiger partial charge in [-0.15, -0.1) is 0 Å². The van der Waals surface area contributed by atoms with Crippen molar-refractivity contribution in [3.63, 3.8) is 0 Å². The van der Waals surface area contributed by atoms with E-state index < -0.39 is 0 Å². The van der Waals surface area contributed by atoms with Crippen molar-refractivity contribution in [3.05, 3.63) is 30.0 Å². The molecule has 0 radical (unpaired) electrons. The van der Waals surface area contributed by atoms with Crippen LogP contribution in [0.1, 0.15) is 30.1 Å². The summed E-state index contributed by atoms with van der Waals surface area (Å²) in [4.78, 5) is 12.0. The van der Waals surface area contributed by atoms with E-state index in [2.05, 4.69) is 22.4 Å². The number of hydrogen-bond donors (Lipinski definition) is 3. The van der Waals surface area contributed by atoms with Crippen molar-refractivity contribution < 1.29 is 9.90 Å². The topological polar surface area (TPSA) is 78.0 Å². The Labute approximate surface area is 112 Å². The third-order valence-corrected chi connectivity index (χ3v) is 3.37. The molecular formula is C14H19N3O2. The highest BCUT2D eigenvalue weighted by atomic mass is 16.3. The largest absolute Gasteiger partial charge is 0.396 e. The lowest BCUT2D eigenvalue weighted by Crippen LogP contribution is -2.29. The molecule has 0 aliphatic carbocycles. The van der Waals surface area contributed by atoms with Crippen LogP contribution in [0.15, 0.2) is 24.4 Å². The molecule has 0 saturated carbocycles. The molecule has 0 aliphatic heterocycles. The Morgan fingerprint density at radius 3 is 3.11 bits per heavy atom. The van der Waals surface area contributed by atoms with E-state index in [-0.39, 0.29) is 12.5 Å². The number of aromatic amines is 1. The van der Waals surface area contributed by atoms with E-state index in [0.29, 0.717) is 18.0 Å². The van der Waals surface area contributed by atoms with Crippen molar-refractivity contribution in [1.29, 1.82) is 0 Å². The lowest BCUT2D eigenvalue weighted by Gasteiger charge is -2.14. The van der Waals surface area contributed by atoms with Crippen LogP contribution in [0, 0.1) is 5.92 Å². The molecule has 1 aromatic heterocycles. The van der Waals surface area contributed by atoms with E-state index >= 15 is 0 Å². The number of nitrogens with one attached hydrogen (secondary N) is 2. The minimum atomic E-state index is -0.0838. The predicted octanol–water partition coefficient (Wildman–Crippen LogP) is 1.70. The van der Waals surface area contributed by atoms with Gasteiger partial charge in [-0.2, -0.15) is 5.10 Å². The normalized spacial score (nSPS) is 12.5. The Bertz CT molecular complexity index is 550. The predicted molar refractivity (Wildman–Crippen MR) is 73.9 cm³/mol. The van der Waals surface area contributed by atoms with Crippen LogP contribution in [0.4, 0.5) is 0 Å². The number of carbonyl (C=O) groups is 1. The summed E-state index contributed by atoms with van der Waals surface area (Å²) < 4.78 is 0. The fraction of sp³-hybridized carbons (Fsp3) is 0.429. The van der Waals surface area contributed by atoms with Gasteiger partial charge in [-0.25, -0.2) is 0 Å². The summed E-state index contributed by atoms with van der Waals surface area (Å²) in [5, 5.41) is 19.5. The van der Waals surface area contributed by atoms with Crippen LogP contribution in [0.5, 0.6) is 0 Å². The first-order valence-corrected chi connectivity index (χ1v) is 6.56. The quantitative estimate of drug-likeness (QED) is 0.740. The zero-order valence-corrected chi connectivity index (χ0v) is 11.0. The highest BCUT2D eigenvalue weighted by Crippen LogP contribution is 2.13. The number of aliphatic hydroxyl groups is 1. The number of nitrogens with zero attached hydrogens (tertiary/aromatic N) is 1. The molecule has 1 heterocycles. The van der Waals surface area contributed by atoms with Crippen LogP contribution in [-0.4, -0.2) is 34.4 Å². The first-order chi connectivity index (χ1) is 9.24. The van der Waals surface area contributed by atoms with Gasteiger partial charge in [-0.1, -0.05) is 13.3 Å². The van der Waals surface area contributed by atoms with Crippen molar-refractivity contribution in [2.24, 2.45) is 5.92 Å². The van der Waals surface area contributed by atoms with E-state index in [1.165, 1.54) is 0 Å². The third kappa shape index (κ3) is 3.32. The smallest absolute Gasteiger partial charge is 0.251 e. The van der Waals surface area contributed by atoms with Gasteiger partial charge in [0.1, 0.15) is 0 Å². The maximum atomic E-state index is 12.0. The van der Waals surface area contributed by atoms with Gasteiger partial charge in [0, 0.05) is 24.1 Å². The second-order valence-corrected chi connectivity index (χ2v) is 4.67.